The largest absolute Gasteiger partial charge is 0.330 e. The number of rotatable bonds is 2. The highest BCUT2D eigenvalue weighted by Gasteiger charge is 1.64. The van der Waals surface area contributed by atoms with Gasteiger partial charge in [0, 0.05) is 0 Å². The van der Waals surface area contributed by atoms with Crippen molar-refractivity contribution in [2.45, 2.75) is 13.3 Å². The number of hydrogen-bond donors (Lipinski definition) is 1. The summed E-state index contributed by atoms with van der Waals surface area (Å²) in [5, 5.41) is 0. The van der Waals surface area contributed by atoms with Crippen molar-refractivity contribution in [3.8, 4) is 0 Å². The van der Waals surface area contributed by atoms with Gasteiger partial charge in [-0.15, -0.1) is 5.73 Å². The molecule has 0 aliphatic rings. The molecule has 0 aromatic carbocycles. The summed E-state index contributed by atoms with van der Waals surface area (Å²) in [6.07, 6.45) is 4.74. The number of hydrogen-bond acceptors (Lipinski definition) is 1. The quantitative estimate of drug-likeness (QED) is 0.512. The fourth-order valence-corrected chi connectivity index (χ4v) is 0.285. The third-order valence-corrected chi connectivity index (χ3v) is 0.596. The maximum Gasteiger partial charge on any atom is -0.00365 e. The van der Waals surface area contributed by atoms with Crippen LogP contribution in [-0.2, 0) is 0 Å². The predicted molar refractivity (Wildman–Crippen MR) is 32.0 cm³/mol. The van der Waals surface area contributed by atoms with E-state index in [-0.39, 0.29) is 0 Å². The summed E-state index contributed by atoms with van der Waals surface area (Å²) in [4.78, 5) is 0. The molecule has 0 saturated heterocycles. The van der Waals surface area contributed by atoms with Crippen LogP contribution in [-0.4, -0.2) is 6.54 Å². The van der Waals surface area contributed by atoms with Crippen molar-refractivity contribution in [3.63, 3.8) is 0 Å². The molecule has 1 heteroatoms. The molecule has 1 nitrogen and oxygen atoms in total. The van der Waals surface area contributed by atoms with Crippen LogP contribution in [0.4, 0.5) is 0 Å². The van der Waals surface area contributed by atoms with Crippen LogP contribution in [0.25, 0.3) is 0 Å². The Morgan fingerprint density at radius 3 is 2.86 bits per heavy atom. The normalized spacial score (nSPS) is 7.14. The van der Waals surface area contributed by atoms with E-state index in [4.69, 9.17) is 5.73 Å². The fraction of sp³-hybridized carbons (Fsp3) is 0.500. The zero-order valence-electron chi connectivity index (χ0n) is 4.65. The van der Waals surface area contributed by atoms with Crippen LogP contribution < -0.4 is 5.73 Å². The lowest BCUT2D eigenvalue weighted by atomic mass is 10.4. The van der Waals surface area contributed by atoms with E-state index in [9.17, 15) is 0 Å². The molecule has 0 unspecified atom stereocenters. The highest BCUT2D eigenvalue weighted by Crippen LogP contribution is 1.72. The molecule has 7 heavy (non-hydrogen) atoms. The van der Waals surface area contributed by atoms with Crippen LogP contribution in [0.15, 0.2) is 17.9 Å². The molecule has 0 bridgehead atoms. The molecule has 0 atom stereocenters. The van der Waals surface area contributed by atoms with Crippen LogP contribution in [0, 0.1) is 0 Å². The van der Waals surface area contributed by atoms with Gasteiger partial charge in [0.1, 0.15) is 0 Å². The van der Waals surface area contributed by atoms with Crippen molar-refractivity contribution >= 4 is 0 Å². The van der Waals surface area contributed by atoms with Gasteiger partial charge in [0.15, 0.2) is 0 Å². The second-order valence-corrected chi connectivity index (χ2v) is 1.24. The van der Waals surface area contributed by atoms with Gasteiger partial charge < -0.3 is 5.73 Å². The zero-order valence-corrected chi connectivity index (χ0v) is 4.65. The van der Waals surface area contributed by atoms with Crippen LogP contribution in [0.3, 0.4) is 0 Å². The van der Waals surface area contributed by atoms with E-state index in [1.165, 1.54) is 0 Å². The molecule has 40 valence electrons. The van der Waals surface area contributed by atoms with Crippen molar-refractivity contribution in [2.24, 2.45) is 5.73 Å². The second kappa shape index (κ2) is 5.48. The minimum atomic E-state index is 0.723. The molecule has 0 saturated carbocycles. The first-order valence-corrected chi connectivity index (χ1v) is 2.47. The van der Waals surface area contributed by atoms with Crippen molar-refractivity contribution < 1.29 is 0 Å². The van der Waals surface area contributed by atoms with Crippen LogP contribution in [0.2, 0.25) is 0 Å². The molecule has 0 amide bonds. The van der Waals surface area contributed by atoms with Crippen molar-refractivity contribution in [1.29, 1.82) is 0 Å². The smallest absolute Gasteiger partial charge is 0.00365 e. The zero-order chi connectivity index (χ0) is 5.54. The molecule has 0 spiro atoms. The van der Waals surface area contributed by atoms with E-state index in [0.29, 0.717) is 0 Å². The lowest BCUT2D eigenvalue weighted by Gasteiger charge is -1.75. The molecular formula is C6H11N. The van der Waals surface area contributed by atoms with E-state index >= 15 is 0 Å². The molecule has 0 aliphatic heterocycles. The van der Waals surface area contributed by atoms with Crippen LogP contribution in [0.1, 0.15) is 13.3 Å². The van der Waals surface area contributed by atoms with E-state index in [1.807, 2.05) is 19.1 Å². The standard InChI is InChI=1S/C6H11N/c1-2-3-4-5-6-7/h2,4H,5-7H2,1H3. The maximum absolute atomic E-state index is 5.18. The molecule has 0 aliphatic carbocycles. The Morgan fingerprint density at radius 2 is 2.43 bits per heavy atom. The minimum absolute atomic E-state index is 0.723. The topological polar surface area (TPSA) is 26.0 Å². The molecular weight excluding hydrogens is 86.1 g/mol. The summed E-state index contributed by atoms with van der Waals surface area (Å²) < 4.78 is 0. The van der Waals surface area contributed by atoms with Gasteiger partial charge in [0.25, 0.3) is 0 Å². The van der Waals surface area contributed by atoms with Crippen molar-refractivity contribution in [1.82, 2.24) is 0 Å². The summed E-state index contributed by atoms with van der Waals surface area (Å²) in [7, 11) is 0. The Balaban J connectivity index is 3.10. The Hall–Kier alpha value is -0.520. The SMILES string of the molecule is CC=C=CCCN. The molecule has 0 fully saturated rings. The van der Waals surface area contributed by atoms with Crippen LogP contribution >= 0.6 is 0 Å². The second-order valence-electron chi connectivity index (χ2n) is 1.24. The van der Waals surface area contributed by atoms with Gasteiger partial charge in [0.2, 0.25) is 0 Å². The first-order chi connectivity index (χ1) is 3.41. The first kappa shape index (κ1) is 6.48. The Bertz CT molecular complexity index is 78.2. The molecule has 0 aromatic rings. The first-order valence-electron chi connectivity index (χ1n) is 2.47. The lowest BCUT2D eigenvalue weighted by molar-refractivity contribution is 1.01. The summed E-state index contributed by atoms with van der Waals surface area (Å²) in [5.41, 5.74) is 8.10. The van der Waals surface area contributed by atoms with E-state index in [2.05, 4.69) is 5.73 Å². The summed E-state index contributed by atoms with van der Waals surface area (Å²) in [6, 6.07) is 0. The summed E-state index contributed by atoms with van der Waals surface area (Å²) in [5.74, 6) is 0. The van der Waals surface area contributed by atoms with Crippen molar-refractivity contribution in [2.75, 3.05) is 6.54 Å². The van der Waals surface area contributed by atoms with E-state index in [1.54, 1.807) is 0 Å². The van der Waals surface area contributed by atoms with Gasteiger partial charge in [-0.1, -0.05) is 0 Å². The van der Waals surface area contributed by atoms with Crippen molar-refractivity contribution in [3.05, 3.63) is 17.9 Å². The molecule has 0 rings (SSSR count). The highest BCUT2D eigenvalue weighted by atomic mass is 14.5. The fourth-order valence-electron chi connectivity index (χ4n) is 0.285. The molecule has 0 aromatic heterocycles. The van der Waals surface area contributed by atoms with E-state index < -0.39 is 0 Å². The van der Waals surface area contributed by atoms with Gasteiger partial charge in [-0.25, -0.2) is 0 Å². The molecule has 0 radical (unpaired) electrons. The average molecular weight is 97.2 g/mol. The number of nitrogens with two attached hydrogens (primary N) is 1. The van der Waals surface area contributed by atoms with Gasteiger partial charge in [0.05, 0.1) is 0 Å². The summed E-state index contributed by atoms with van der Waals surface area (Å²) >= 11 is 0. The third-order valence-electron chi connectivity index (χ3n) is 0.596. The third kappa shape index (κ3) is 5.48. The monoisotopic (exact) mass is 97.1 g/mol. The Kier molecular flexibility index (Phi) is 5.07. The average Bonchev–Trinajstić information content (AvgIpc) is 1.69. The van der Waals surface area contributed by atoms with Crippen LogP contribution in [0.5, 0.6) is 0 Å². The lowest BCUT2D eigenvalue weighted by Crippen LogP contribution is -1.94. The Morgan fingerprint density at radius 1 is 1.71 bits per heavy atom. The minimum Gasteiger partial charge on any atom is -0.330 e. The summed E-state index contributed by atoms with van der Waals surface area (Å²) in [6.45, 7) is 2.66. The Labute approximate surface area is 44.5 Å². The molecule has 0 heterocycles. The maximum atomic E-state index is 5.18. The van der Waals surface area contributed by atoms with Gasteiger partial charge in [-0.2, -0.15) is 0 Å². The van der Waals surface area contributed by atoms with E-state index in [0.717, 1.165) is 13.0 Å². The molecule has 2 N–H and O–H groups in total. The highest BCUT2D eigenvalue weighted by molar-refractivity contribution is 4.81. The predicted octanol–water partition coefficient (Wildman–Crippen LogP) is 1.07. The van der Waals surface area contributed by atoms with Gasteiger partial charge >= 0.3 is 0 Å². The van der Waals surface area contributed by atoms with Gasteiger partial charge in [-0.3, -0.25) is 0 Å². The van der Waals surface area contributed by atoms with Gasteiger partial charge in [-0.05, 0) is 32.0 Å².